The van der Waals surface area contributed by atoms with E-state index in [0.717, 1.165) is 19.3 Å². The Hall–Kier alpha value is 2.17. The van der Waals surface area contributed by atoms with Crippen LogP contribution in [0.5, 0.6) is 0 Å². The molecule has 108 valence electrons. The molecule has 0 heterocycles. The standard InChI is InChI=1S/C10H18Cl6Si2/c1-7(2)8-4-5-10(3,18(14,15)16)9(6-8)17(11,12)13/h7-9H,4-6H2,1-3H3. The Morgan fingerprint density at radius 1 is 1.06 bits per heavy atom. The van der Waals surface area contributed by atoms with Gasteiger partial charge in [0.1, 0.15) is 0 Å². The van der Waals surface area contributed by atoms with E-state index in [0.29, 0.717) is 11.8 Å². The van der Waals surface area contributed by atoms with Crippen molar-refractivity contribution < 1.29 is 0 Å². The molecule has 1 saturated carbocycles. The molecule has 8 heteroatoms. The topological polar surface area (TPSA) is 0 Å². The van der Waals surface area contributed by atoms with Crippen LogP contribution >= 0.6 is 66.5 Å². The van der Waals surface area contributed by atoms with Crippen molar-refractivity contribution in [2.24, 2.45) is 11.8 Å². The van der Waals surface area contributed by atoms with Crippen molar-refractivity contribution >= 4 is 78.5 Å². The summed E-state index contributed by atoms with van der Waals surface area (Å²) in [5.41, 5.74) is -0.0599. The Morgan fingerprint density at radius 3 is 1.89 bits per heavy atom. The van der Waals surface area contributed by atoms with Crippen LogP contribution in [0.15, 0.2) is 0 Å². The van der Waals surface area contributed by atoms with E-state index in [1.807, 2.05) is 6.92 Å². The minimum Gasteiger partial charge on any atom is -0.126 e. The van der Waals surface area contributed by atoms with Crippen LogP contribution in [0.4, 0.5) is 0 Å². The van der Waals surface area contributed by atoms with Gasteiger partial charge in [-0.1, -0.05) is 20.8 Å². The molecule has 0 radical (unpaired) electrons. The fourth-order valence-electron chi connectivity index (χ4n) is 2.78. The first-order valence-corrected chi connectivity index (χ1v) is 16.2. The van der Waals surface area contributed by atoms with E-state index in [9.17, 15) is 0 Å². The summed E-state index contributed by atoms with van der Waals surface area (Å²) in [5.74, 6) is 1.14. The normalized spacial score (nSPS) is 35.0. The minimum atomic E-state index is -2.92. The van der Waals surface area contributed by atoms with Crippen LogP contribution < -0.4 is 0 Å². The van der Waals surface area contributed by atoms with Crippen LogP contribution in [-0.4, -0.2) is 12.0 Å². The molecule has 0 aromatic heterocycles. The second-order valence-electron chi connectivity index (χ2n) is 5.79. The van der Waals surface area contributed by atoms with Gasteiger partial charge in [-0.25, -0.2) is 0 Å². The highest BCUT2D eigenvalue weighted by Crippen LogP contribution is 2.67. The SMILES string of the molecule is CC(C)C1CCC(C)([Si](Cl)(Cl)Cl)C([Si](Cl)(Cl)Cl)C1. The molecule has 0 aliphatic heterocycles. The molecule has 0 saturated heterocycles. The van der Waals surface area contributed by atoms with Crippen LogP contribution in [0.25, 0.3) is 0 Å². The lowest BCUT2D eigenvalue weighted by Crippen LogP contribution is -2.45. The lowest BCUT2D eigenvalue weighted by Gasteiger charge is -2.49. The predicted molar refractivity (Wildman–Crippen MR) is 90.9 cm³/mol. The van der Waals surface area contributed by atoms with Gasteiger partial charge in [0, 0.05) is 10.6 Å². The molecule has 0 nitrogen and oxygen atoms in total. The van der Waals surface area contributed by atoms with Gasteiger partial charge in [-0.3, -0.25) is 0 Å². The molecular formula is C10H18Cl6Si2. The van der Waals surface area contributed by atoms with Gasteiger partial charge in [-0.05, 0) is 31.1 Å². The average molecular weight is 407 g/mol. The highest BCUT2D eigenvalue weighted by atomic mass is 35.8. The first kappa shape index (κ1) is 18.2. The maximum absolute atomic E-state index is 6.30. The highest BCUT2D eigenvalue weighted by molar-refractivity contribution is 7.68. The van der Waals surface area contributed by atoms with Crippen molar-refractivity contribution in [3.8, 4) is 0 Å². The van der Waals surface area contributed by atoms with Gasteiger partial charge in [-0.15, -0.1) is 66.5 Å². The summed E-state index contributed by atoms with van der Waals surface area (Å²) < 4.78 is 0. The lowest BCUT2D eigenvalue weighted by atomic mass is 9.76. The van der Waals surface area contributed by atoms with Crippen molar-refractivity contribution in [1.29, 1.82) is 0 Å². The zero-order valence-corrected chi connectivity index (χ0v) is 17.2. The van der Waals surface area contributed by atoms with Crippen molar-refractivity contribution in [2.45, 2.75) is 50.6 Å². The maximum Gasteiger partial charge on any atom is 0.347 e. The second kappa shape index (κ2) is 6.12. The van der Waals surface area contributed by atoms with Crippen LogP contribution in [0.2, 0.25) is 10.6 Å². The summed E-state index contributed by atoms with van der Waals surface area (Å²) >= 11 is 37.8. The van der Waals surface area contributed by atoms with Gasteiger partial charge in [0.05, 0.1) is 0 Å². The summed E-state index contributed by atoms with van der Waals surface area (Å²) in [5, 5.41) is -0.416. The molecule has 0 N–H and O–H groups in total. The first-order valence-electron chi connectivity index (χ1n) is 6.03. The van der Waals surface area contributed by atoms with Crippen molar-refractivity contribution in [3.05, 3.63) is 0 Å². The third-order valence-corrected chi connectivity index (χ3v) is 14.4. The Balaban J connectivity index is 3.07. The van der Waals surface area contributed by atoms with E-state index in [4.69, 9.17) is 66.5 Å². The van der Waals surface area contributed by atoms with E-state index in [1.54, 1.807) is 0 Å². The van der Waals surface area contributed by atoms with Crippen molar-refractivity contribution in [2.75, 3.05) is 0 Å². The predicted octanol–water partition coefficient (Wildman–Crippen LogP) is 6.88. The van der Waals surface area contributed by atoms with Crippen molar-refractivity contribution in [1.82, 2.24) is 0 Å². The third kappa shape index (κ3) is 3.88. The number of hydrogen-bond acceptors (Lipinski definition) is 0. The number of halogens is 6. The van der Waals surface area contributed by atoms with Gasteiger partial charge in [0.15, 0.2) is 0 Å². The van der Waals surface area contributed by atoms with Crippen LogP contribution in [0, 0.1) is 11.8 Å². The quantitative estimate of drug-likeness (QED) is 0.353. The van der Waals surface area contributed by atoms with Crippen LogP contribution in [0.1, 0.15) is 40.0 Å². The van der Waals surface area contributed by atoms with Crippen LogP contribution in [-0.2, 0) is 0 Å². The molecule has 1 aliphatic carbocycles. The Kier molecular flexibility index (Phi) is 6.19. The van der Waals surface area contributed by atoms with Crippen molar-refractivity contribution in [3.63, 3.8) is 0 Å². The highest BCUT2D eigenvalue weighted by Gasteiger charge is 2.61. The fraction of sp³-hybridized carbons (Fsp3) is 1.00. The van der Waals surface area contributed by atoms with Gasteiger partial charge in [-0.2, -0.15) is 0 Å². The minimum absolute atomic E-state index is 0.0599. The zero-order valence-electron chi connectivity index (χ0n) is 10.6. The summed E-state index contributed by atoms with van der Waals surface area (Å²) in [6, 6.07) is -5.81. The number of rotatable bonds is 3. The van der Waals surface area contributed by atoms with Gasteiger partial charge in [0.25, 0.3) is 0 Å². The van der Waals surface area contributed by atoms with Gasteiger partial charge < -0.3 is 0 Å². The molecule has 3 atom stereocenters. The molecule has 0 spiro atoms. The van der Waals surface area contributed by atoms with Gasteiger partial charge >= 0.3 is 12.0 Å². The molecule has 1 rings (SSSR count). The second-order valence-corrected chi connectivity index (χ2v) is 23.7. The molecule has 18 heavy (non-hydrogen) atoms. The fourth-order valence-corrected chi connectivity index (χ4v) is 13.1. The zero-order chi connectivity index (χ0) is 14.4. The summed E-state index contributed by atoms with van der Waals surface area (Å²) in [6.07, 6.45) is 2.78. The van der Waals surface area contributed by atoms with E-state index < -0.39 is 17.0 Å². The molecule has 1 fully saturated rings. The van der Waals surface area contributed by atoms with E-state index in [2.05, 4.69) is 13.8 Å². The molecule has 0 bridgehead atoms. The molecule has 3 unspecified atom stereocenters. The largest absolute Gasteiger partial charge is 0.347 e. The molecule has 0 amide bonds. The number of hydrogen-bond donors (Lipinski definition) is 0. The Morgan fingerprint density at radius 2 is 1.56 bits per heavy atom. The molecular weight excluding hydrogens is 389 g/mol. The lowest BCUT2D eigenvalue weighted by molar-refractivity contribution is 0.240. The third-order valence-electron chi connectivity index (χ3n) is 4.33. The Bertz CT molecular complexity index is 298. The maximum atomic E-state index is 6.30. The summed E-state index contributed by atoms with van der Waals surface area (Å²) in [7, 11) is 0. The molecule has 1 aliphatic rings. The first-order chi connectivity index (χ1) is 7.89. The summed E-state index contributed by atoms with van der Waals surface area (Å²) in [6.45, 7) is 6.41. The monoisotopic (exact) mass is 404 g/mol. The van der Waals surface area contributed by atoms with Gasteiger partial charge in [0.2, 0.25) is 0 Å². The van der Waals surface area contributed by atoms with E-state index in [1.165, 1.54) is 0 Å². The Labute approximate surface area is 140 Å². The van der Waals surface area contributed by atoms with E-state index >= 15 is 0 Å². The summed E-state index contributed by atoms with van der Waals surface area (Å²) in [4.78, 5) is 0. The smallest absolute Gasteiger partial charge is 0.126 e. The van der Waals surface area contributed by atoms with E-state index in [-0.39, 0.29) is 5.54 Å². The van der Waals surface area contributed by atoms with Crippen LogP contribution in [0.3, 0.4) is 0 Å². The average Bonchev–Trinajstić information content (AvgIpc) is 2.14. The molecule has 0 aromatic carbocycles. The molecule has 0 aromatic rings.